The first kappa shape index (κ1) is 14.0. The number of benzene rings is 1. The van der Waals surface area contributed by atoms with Crippen LogP contribution in [0.5, 0.6) is 0 Å². The fourth-order valence-electron chi connectivity index (χ4n) is 1.37. The summed E-state index contributed by atoms with van der Waals surface area (Å²) in [5, 5.41) is 11.6. The summed E-state index contributed by atoms with van der Waals surface area (Å²) in [6.45, 7) is 7.30. The van der Waals surface area contributed by atoms with E-state index in [1.165, 1.54) is 0 Å². The summed E-state index contributed by atoms with van der Waals surface area (Å²) in [7, 11) is 0. The molecule has 0 bridgehead atoms. The van der Waals surface area contributed by atoms with Gasteiger partial charge in [-0.25, -0.2) is 4.79 Å². The third kappa shape index (κ3) is 4.46. The number of carbonyl (C=O) groups excluding carboxylic acids is 1. The second-order valence-electron chi connectivity index (χ2n) is 5.12. The molecule has 0 aliphatic heterocycles. The van der Waals surface area contributed by atoms with Crippen LogP contribution in [0.25, 0.3) is 0 Å². The Labute approximate surface area is 108 Å². The largest absolute Gasteiger partial charge is 0.444 e. The smallest absolute Gasteiger partial charge is 0.408 e. The van der Waals surface area contributed by atoms with Crippen molar-refractivity contribution in [3.63, 3.8) is 0 Å². The first-order valence-corrected chi connectivity index (χ1v) is 5.77. The molecule has 0 unspecified atom stereocenters. The van der Waals surface area contributed by atoms with Crippen LogP contribution in [0, 0.1) is 18.3 Å². The van der Waals surface area contributed by atoms with Crippen molar-refractivity contribution in [1.82, 2.24) is 5.32 Å². The lowest BCUT2D eigenvalue weighted by atomic mass is 10.1. The first-order chi connectivity index (χ1) is 8.31. The van der Waals surface area contributed by atoms with Crippen LogP contribution < -0.4 is 5.32 Å². The molecule has 0 fully saturated rings. The number of nitrogens with one attached hydrogen (secondary N) is 1. The maximum absolute atomic E-state index is 11.6. The van der Waals surface area contributed by atoms with Crippen LogP contribution >= 0.6 is 0 Å². The summed E-state index contributed by atoms with van der Waals surface area (Å²) in [5.74, 6) is 0. The van der Waals surface area contributed by atoms with E-state index in [1.54, 1.807) is 20.8 Å². The van der Waals surface area contributed by atoms with E-state index in [0.717, 1.165) is 11.1 Å². The molecule has 1 amide bonds. The Kier molecular flexibility index (Phi) is 4.33. The number of hydrogen-bond donors (Lipinski definition) is 1. The SMILES string of the molecule is Cc1ccc([C@@H](C#N)NC(=O)OC(C)(C)C)cc1. The van der Waals surface area contributed by atoms with Crippen LogP contribution in [0.3, 0.4) is 0 Å². The maximum Gasteiger partial charge on any atom is 0.408 e. The molecule has 18 heavy (non-hydrogen) atoms. The number of alkyl carbamates (subject to hydrolysis) is 1. The Morgan fingerprint density at radius 1 is 1.33 bits per heavy atom. The van der Waals surface area contributed by atoms with Crippen molar-refractivity contribution in [3.05, 3.63) is 35.4 Å². The van der Waals surface area contributed by atoms with E-state index in [-0.39, 0.29) is 0 Å². The van der Waals surface area contributed by atoms with E-state index in [9.17, 15) is 4.79 Å². The fraction of sp³-hybridized carbons (Fsp3) is 0.429. The molecule has 0 aliphatic carbocycles. The van der Waals surface area contributed by atoms with Gasteiger partial charge in [0, 0.05) is 0 Å². The normalized spacial score (nSPS) is 12.4. The quantitative estimate of drug-likeness (QED) is 0.872. The van der Waals surface area contributed by atoms with Crippen LogP contribution in [0.1, 0.15) is 37.9 Å². The van der Waals surface area contributed by atoms with E-state index >= 15 is 0 Å². The summed E-state index contributed by atoms with van der Waals surface area (Å²) < 4.78 is 5.11. The minimum absolute atomic E-state index is 0.572. The van der Waals surface area contributed by atoms with Gasteiger partial charge in [0.15, 0.2) is 0 Å². The number of aryl methyl sites for hydroxylation is 1. The summed E-state index contributed by atoms with van der Waals surface area (Å²) in [6.07, 6.45) is -0.588. The lowest BCUT2D eigenvalue weighted by Crippen LogP contribution is -2.34. The summed E-state index contributed by atoms with van der Waals surface area (Å²) >= 11 is 0. The number of ether oxygens (including phenoxy) is 1. The van der Waals surface area contributed by atoms with Crippen LogP contribution in [0.15, 0.2) is 24.3 Å². The monoisotopic (exact) mass is 246 g/mol. The van der Waals surface area contributed by atoms with E-state index in [4.69, 9.17) is 10.00 Å². The van der Waals surface area contributed by atoms with Crippen molar-refractivity contribution in [2.45, 2.75) is 39.3 Å². The molecule has 1 atom stereocenters. The second-order valence-corrected chi connectivity index (χ2v) is 5.12. The highest BCUT2D eigenvalue weighted by Gasteiger charge is 2.20. The van der Waals surface area contributed by atoms with E-state index in [1.807, 2.05) is 37.3 Å². The molecule has 1 rings (SSSR count). The molecule has 96 valence electrons. The van der Waals surface area contributed by atoms with E-state index < -0.39 is 17.7 Å². The van der Waals surface area contributed by atoms with Crippen LogP contribution in [0.2, 0.25) is 0 Å². The van der Waals surface area contributed by atoms with Gasteiger partial charge >= 0.3 is 6.09 Å². The zero-order valence-electron chi connectivity index (χ0n) is 11.2. The molecule has 4 nitrogen and oxygen atoms in total. The van der Waals surface area contributed by atoms with E-state index in [0.29, 0.717) is 0 Å². The van der Waals surface area contributed by atoms with Crippen molar-refractivity contribution in [2.24, 2.45) is 0 Å². The third-order valence-corrected chi connectivity index (χ3v) is 2.20. The molecule has 0 aromatic heterocycles. The predicted octanol–water partition coefficient (Wildman–Crippen LogP) is 3.08. The molecule has 0 heterocycles. The topological polar surface area (TPSA) is 62.1 Å². The van der Waals surface area contributed by atoms with Crippen molar-refractivity contribution in [2.75, 3.05) is 0 Å². The van der Waals surface area contributed by atoms with Gasteiger partial charge in [-0.15, -0.1) is 0 Å². The Balaban J connectivity index is 2.72. The summed E-state index contributed by atoms with van der Waals surface area (Å²) in [6, 6.07) is 8.79. The Morgan fingerprint density at radius 2 is 1.89 bits per heavy atom. The second kappa shape index (κ2) is 5.54. The molecule has 0 saturated carbocycles. The lowest BCUT2D eigenvalue weighted by molar-refractivity contribution is 0.0515. The highest BCUT2D eigenvalue weighted by molar-refractivity contribution is 5.69. The third-order valence-electron chi connectivity index (χ3n) is 2.20. The maximum atomic E-state index is 11.6. The first-order valence-electron chi connectivity index (χ1n) is 5.77. The van der Waals surface area contributed by atoms with Crippen molar-refractivity contribution in [3.8, 4) is 6.07 Å². The van der Waals surface area contributed by atoms with Gasteiger partial charge in [-0.05, 0) is 33.3 Å². The van der Waals surface area contributed by atoms with Gasteiger partial charge in [0.25, 0.3) is 0 Å². The molecule has 4 heteroatoms. The van der Waals surface area contributed by atoms with Crippen molar-refractivity contribution < 1.29 is 9.53 Å². The van der Waals surface area contributed by atoms with Gasteiger partial charge < -0.3 is 10.1 Å². The van der Waals surface area contributed by atoms with Gasteiger partial charge in [0.05, 0.1) is 6.07 Å². The average Bonchev–Trinajstić information content (AvgIpc) is 2.25. The van der Waals surface area contributed by atoms with Gasteiger partial charge in [-0.2, -0.15) is 5.26 Å². The number of amides is 1. The molecular weight excluding hydrogens is 228 g/mol. The van der Waals surface area contributed by atoms with Gasteiger partial charge in [0.2, 0.25) is 0 Å². The fourth-order valence-corrected chi connectivity index (χ4v) is 1.37. The molecule has 0 saturated heterocycles. The molecule has 0 radical (unpaired) electrons. The molecule has 1 aromatic carbocycles. The Hall–Kier alpha value is -2.02. The van der Waals surface area contributed by atoms with Crippen LogP contribution in [0.4, 0.5) is 4.79 Å². The highest BCUT2D eigenvalue weighted by atomic mass is 16.6. The summed E-state index contributed by atoms with van der Waals surface area (Å²) in [5.41, 5.74) is 1.28. The molecular formula is C14H18N2O2. The van der Waals surface area contributed by atoms with Crippen molar-refractivity contribution in [1.29, 1.82) is 5.26 Å². The summed E-state index contributed by atoms with van der Waals surface area (Å²) in [4.78, 5) is 11.6. The van der Waals surface area contributed by atoms with Crippen LogP contribution in [-0.4, -0.2) is 11.7 Å². The van der Waals surface area contributed by atoms with Gasteiger partial charge in [-0.1, -0.05) is 29.8 Å². The Morgan fingerprint density at radius 3 is 2.33 bits per heavy atom. The zero-order chi connectivity index (χ0) is 13.8. The zero-order valence-corrected chi connectivity index (χ0v) is 11.2. The van der Waals surface area contributed by atoms with Crippen molar-refractivity contribution >= 4 is 6.09 Å². The van der Waals surface area contributed by atoms with Gasteiger partial charge in [-0.3, -0.25) is 0 Å². The predicted molar refractivity (Wildman–Crippen MR) is 68.9 cm³/mol. The molecule has 1 aromatic rings. The number of hydrogen-bond acceptors (Lipinski definition) is 3. The number of nitrogens with zero attached hydrogens (tertiary/aromatic N) is 1. The number of rotatable bonds is 2. The number of carbonyl (C=O) groups is 1. The average molecular weight is 246 g/mol. The standard InChI is InChI=1S/C14H18N2O2/c1-10-5-7-11(8-6-10)12(9-15)16-13(17)18-14(2,3)4/h5-8,12H,1-4H3,(H,16,17)/t12-/m1/s1. The molecule has 0 spiro atoms. The van der Waals surface area contributed by atoms with E-state index in [2.05, 4.69) is 5.32 Å². The minimum atomic E-state index is -0.694. The minimum Gasteiger partial charge on any atom is -0.444 e. The molecule has 0 aliphatic rings. The Bertz CT molecular complexity index is 452. The molecule has 1 N–H and O–H groups in total. The van der Waals surface area contributed by atoms with Crippen LogP contribution in [-0.2, 0) is 4.74 Å². The van der Waals surface area contributed by atoms with Gasteiger partial charge in [0.1, 0.15) is 11.6 Å². The number of nitriles is 1. The lowest BCUT2D eigenvalue weighted by Gasteiger charge is -2.21. The highest BCUT2D eigenvalue weighted by Crippen LogP contribution is 2.14.